The van der Waals surface area contributed by atoms with Crippen LogP contribution in [0.1, 0.15) is 4.79 Å². The Bertz CT molecular complexity index is 902. The van der Waals surface area contributed by atoms with Gasteiger partial charge < -0.3 is 0 Å². The van der Waals surface area contributed by atoms with E-state index in [9.17, 15) is 13.6 Å². The number of hydrogen-bond donors (Lipinski definition) is 0. The zero-order valence-corrected chi connectivity index (χ0v) is 12.6. The van der Waals surface area contributed by atoms with Crippen LogP contribution >= 0.6 is 11.8 Å². The van der Waals surface area contributed by atoms with Gasteiger partial charge in [0.1, 0.15) is 11.6 Å². The molecule has 114 valence electrons. The van der Waals surface area contributed by atoms with Crippen molar-refractivity contribution in [1.29, 1.82) is 0 Å². The topological polar surface area (TPSA) is 34.9 Å². The molecule has 0 amide bonds. The van der Waals surface area contributed by atoms with Gasteiger partial charge in [0.2, 0.25) is 5.91 Å². The van der Waals surface area contributed by atoms with Gasteiger partial charge in [-0.25, -0.2) is 13.8 Å². The highest BCUT2D eigenvalue weighted by atomic mass is 32.2. The van der Waals surface area contributed by atoms with Gasteiger partial charge in [-0.2, -0.15) is 0 Å². The molecule has 0 spiro atoms. The van der Waals surface area contributed by atoms with Crippen molar-refractivity contribution < 1.29 is 13.6 Å². The van der Waals surface area contributed by atoms with Crippen LogP contribution in [0.5, 0.6) is 0 Å². The van der Waals surface area contributed by atoms with Crippen molar-refractivity contribution in [3.8, 4) is 22.5 Å². The number of thioether (sulfide) groups is 1. The molecule has 6 heteroatoms. The number of fused-ring (bicyclic) bond motifs is 1. The number of hydrogen-bond acceptors (Lipinski definition) is 3. The van der Waals surface area contributed by atoms with E-state index >= 15 is 0 Å². The number of imidazole rings is 1. The van der Waals surface area contributed by atoms with Crippen molar-refractivity contribution in [1.82, 2.24) is 9.55 Å². The SMILES string of the molecule is O=C1CSc2nc(-c3ccc(F)cc3)c(-c3ccc(F)cc3)n21. The summed E-state index contributed by atoms with van der Waals surface area (Å²) in [6.07, 6.45) is 0. The van der Waals surface area contributed by atoms with Gasteiger partial charge in [-0.05, 0) is 48.5 Å². The Morgan fingerprint density at radius 3 is 2.09 bits per heavy atom. The first-order valence-electron chi connectivity index (χ1n) is 6.94. The third-order valence-electron chi connectivity index (χ3n) is 3.66. The second kappa shape index (κ2) is 5.31. The standard InChI is InChI=1S/C17H10F2N2OS/c18-12-5-1-10(2-6-12)15-16(11-3-7-13(19)8-4-11)21-14(22)9-23-17(21)20-15/h1-8H,9H2. The molecule has 2 aromatic carbocycles. The van der Waals surface area contributed by atoms with Gasteiger partial charge in [0, 0.05) is 11.1 Å². The molecule has 1 aliphatic heterocycles. The molecule has 2 heterocycles. The van der Waals surface area contributed by atoms with E-state index in [4.69, 9.17) is 0 Å². The molecule has 0 saturated heterocycles. The summed E-state index contributed by atoms with van der Waals surface area (Å²) in [6, 6.07) is 11.9. The number of benzene rings is 2. The van der Waals surface area contributed by atoms with Crippen LogP contribution in [0, 0.1) is 11.6 Å². The van der Waals surface area contributed by atoms with Gasteiger partial charge >= 0.3 is 0 Å². The normalized spacial score (nSPS) is 13.4. The lowest BCUT2D eigenvalue weighted by Crippen LogP contribution is -2.08. The van der Waals surface area contributed by atoms with Crippen LogP contribution in [-0.2, 0) is 0 Å². The third-order valence-corrected chi connectivity index (χ3v) is 4.58. The zero-order chi connectivity index (χ0) is 16.0. The molecule has 4 rings (SSSR count). The summed E-state index contributed by atoms with van der Waals surface area (Å²) in [5, 5.41) is 0.605. The van der Waals surface area contributed by atoms with E-state index < -0.39 is 0 Å². The highest BCUT2D eigenvalue weighted by Gasteiger charge is 2.29. The molecule has 0 radical (unpaired) electrons. The zero-order valence-electron chi connectivity index (χ0n) is 11.8. The predicted molar refractivity (Wildman–Crippen MR) is 84.4 cm³/mol. The first-order chi connectivity index (χ1) is 11.1. The lowest BCUT2D eigenvalue weighted by molar-refractivity contribution is 0.0941. The minimum Gasteiger partial charge on any atom is -0.273 e. The fourth-order valence-electron chi connectivity index (χ4n) is 2.60. The largest absolute Gasteiger partial charge is 0.273 e. The number of aromatic nitrogens is 2. The van der Waals surface area contributed by atoms with Crippen molar-refractivity contribution in [2.45, 2.75) is 5.16 Å². The molecule has 3 nitrogen and oxygen atoms in total. The van der Waals surface area contributed by atoms with E-state index in [2.05, 4.69) is 4.98 Å². The maximum absolute atomic E-state index is 13.2. The van der Waals surface area contributed by atoms with Crippen LogP contribution in [0.25, 0.3) is 22.5 Å². The molecule has 3 aromatic rings. The van der Waals surface area contributed by atoms with E-state index in [1.807, 2.05) is 0 Å². The molecule has 1 aromatic heterocycles. The minimum absolute atomic E-state index is 0.0646. The third kappa shape index (κ3) is 2.35. The molecule has 0 bridgehead atoms. The lowest BCUT2D eigenvalue weighted by atomic mass is 10.0. The minimum atomic E-state index is -0.348. The fraction of sp³-hybridized carbons (Fsp3) is 0.0588. The molecule has 0 atom stereocenters. The van der Waals surface area contributed by atoms with E-state index in [0.717, 1.165) is 0 Å². The summed E-state index contributed by atoms with van der Waals surface area (Å²) >= 11 is 1.36. The van der Waals surface area contributed by atoms with Gasteiger partial charge in [-0.1, -0.05) is 11.8 Å². The number of nitrogens with zero attached hydrogens (tertiary/aromatic N) is 2. The van der Waals surface area contributed by atoms with Crippen LogP contribution in [-0.4, -0.2) is 21.2 Å². The van der Waals surface area contributed by atoms with Crippen LogP contribution in [0.3, 0.4) is 0 Å². The molecule has 0 saturated carbocycles. The van der Waals surface area contributed by atoms with Gasteiger partial charge in [-0.15, -0.1) is 0 Å². The lowest BCUT2D eigenvalue weighted by Gasteiger charge is -2.07. The van der Waals surface area contributed by atoms with E-state index in [1.165, 1.54) is 36.0 Å². The van der Waals surface area contributed by atoms with Gasteiger partial charge in [0.25, 0.3) is 0 Å². The average Bonchev–Trinajstić information content (AvgIpc) is 3.09. The average molecular weight is 328 g/mol. The maximum Gasteiger partial charge on any atom is 0.243 e. The van der Waals surface area contributed by atoms with Crippen molar-refractivity contribution in [2.75, 3.05) is 5.75 Å². The molecule has 0 N–H and O–H groups in total. The maximum atomic E-state index is 13.2. The molecule has 0 aliphatic carbocycles. The molecular weight excluding hydrogens is 318 g/mol. The summed E-state index contributed by atoms with van der Waals surface area (Å²) in [7, 11) is 0. The smallest absolute Gasteiger partial charge is 0.243 e. The highest BCUT2D eigenvalue weighted by Crippen LogP contribution is 2.38. The quantitative estimate of drug-likeness (QED) is 0.706. The van der Waals surface area contributed by atoms with E-state index in [1.54, 1.807) is 28.8 Å². The molecule has 0 unspecified atom stereocenters. The Morgan fingerprint density at radius 1 is 0.913 bits per heavy atom. The summed E-state index contributed by atoms with van der Waals surface area (Å²) < 4.78 is 27.9. The number of carbonyl (C=O) groups excluding carboxylic acids is 1. The summed E-state index contributed by atoms with van der Waals surface area (Å²) in [5.74, 6) is -0.418. The van der Waals surface area contributed by atoms with Crippen molar-refractivity contribution in [3.05, 3.63) is 60.2 Å². The second-order valence-corrected chi connectivity index (χ2v) is 6.07. The van der Waals surface area contributed by atoms with E-state index in [-0.39, 0.29) is 17.5 Å². The molecule has 1 aliphatic rings. The van der Waals surface area contributed by atoms with Crippen LogP contribution < -0.4 is 0 Å². The molecule has 23 heavy (non-hydrogen) atoms. The summed E-state index contributed by atoms with van der Waals surface area (Å²) in [4.78, 5) is 16.7. The summed E-state index contributed by atoms with van der Waals surface area (Å²) in [6.45, 7) is 0. The number of rotatable bonds is 2. The Morgan fingerprint density at radius 2 is 1.48 bits per heavy atom. The van der Waals surface area contributed by atoms with Gasteiger partial charge in [0.15, 0.2) is 5.16 Å². The Balaban J connectivity index is 1.96. The Kier molecular flexibility index (Phi) is 3.27. The van der Waals surface area contributed by atoms with Gasteiger partial charge in [-0.3, -0.25) is 9.36 Å². The van der Waals surface area contributed by atoms with Crippen LogP contribution in [0.2, 0.25) is 0 Å². The van der Waals surface area contributed by atoms with Crippen molar-refractivity contribution >= 4 is 17.7 Å². The Labute approximate surface area is 135 Å². The molecule has 0 fully saturated rings. The first-order valence-corrected chi connectivity index (χ1v) is 7.92. The van der Waals surface area contributed by atoms with Crippen LogP contribution in [0.15, 0.2) is 53.7 Å². The van der Waals surface area contributed by atoms with Crippen molar-refractivity contribution in [2.24, 2.45) is 0 Å². The Hall–Kier alpha value is -2.47. The van der Waals surface area contributed by atoms with Crippen LogP contribution in [0.4, 0.5) is 8.78 Å². The number of halogens is 2. The first kappa shape index (κ1) is 14.1. The monoisotopic (exact) mass is 328 g/mol. The van der Waals surface area contributed by atoms with Crippen molar-refractivity contribution in [3.63, 3.8) is 0 Å². The van der Waals surface area contributed by atoms with Gasteiger partial charge in [0.05, 0.1) is 17.1 Å². The summed E-state index contributed by atoms with van der Waals surface area (Å²) in [5.41, 5.74) is 2.61. The molecular formula is C17H10F2N2OS. The number of carbonyl (C=O) groups is 1. The second-order valence-electron chi connectivity index (χ2n) is 5.12. The fourth-order valence-corrected chi connectivity index (χ4v) is 3.46. The predicted octanol–water partition coefficient (Wildman–Crippen LogP) is 4.24. The van der Waals surface area contributed by atoms with E-state index in [0.29, 0.717) is 33.4 Å². The highest BCUT2D eigenvalue weighted by molar-refractivity contribution is 8.00.